The van der Waals surface area contributed by atoms with Crippen LogP contribution < -0.4 is 5.32 Å². The number of carboxylic acid groups (broad SMARTS) is 1. The summed E-state index contributed by atoms with van der Waals surface area (Å²) in [5.41, 5.74) is 0. The monoisotopic (exact) mass is 259 g/mol. The second-order valence-corrected chi connectivity index (χ2v) is 5.16. The molecule has 100 valence electrons. The average Bonchev–Trinajstić information content (AvgIpc) is 2.32. The maximum Gasteiger partial charge on any atom is 0.320 e. The van der Waals surface area contributed by atoms with Crippen molar-refractivity contribution in [2.75, 3.05) is 12.0 Å². The standard InChI is InChI=1S/C13H25NO2S/c1-4-6-7-8-11(5-2)14-12(13(15)16)9-10-17-3/h5,11-12,14H,2,4,6-10H2,1,3H3,(H,15,16). The van der Waals surface area contributed by atoms with Gasteiger partial charge in [-0.1, -0.05) is 32.3 Å². The summed E-state index contributed by atoms with van der Waals surface area (Å²) >= 11 is 1.67. The Kier molecular flexibility index (Phi) is 10.4. The number of nitrogens with one attached hydrogen (secondary N) is 1. The minimum Gasteiger partial charge on any atom is -0.480 e. The van der Waals surface area contributed by atoms with E-state index in [2.05, 4.69) is 18.8 Å². The van der Waals surface area contributed by atoms with Gasteiger partial charge in [0.25, 0.3) is 0 Å². The summed E-state index contributed by atoms with van der Waals surface area (Å²) < 4.78 is 0. The second-order valence-electron chi connectivity index (χ2n) is 4.18. The fourth-order valence-electron chi connectivity index (χ4n) is 1.66. The third-order valence-corrected chi connectivity index (χ3v) is 3.37. The molecule has 4 heteroatoms. The van der Waals surface area contributed by atoms with Crippen LogP contribution >= 0.6 is 11.8 Å². The van der Waals surface area contributed by atoms with Crippen molar-refractivity contribution < 1.29 is 9.90 Å². The molecule has 0 bridgehead atoms. The van der Waals surface area contributed by atoms with Crippen LogP contribution in [0.2, 0.25) is 0 Å². The number of thioether (sulfide) groups is 1. The van der Waals surface area contributed by atoms with E-state index < -0.39 is 12.0 Å². The first-order valence-corrected chi connectivity index (χ1v) is 7.65. The molecule has 0 amide bonds. The Morgan fingerprint density at radius 3 is 2.65 bits per heavy atom. The molecule has 0 fully saturated rings. The third-order valence-electron chi connectivity index (χ3n) is 2.73. The van der Waals surface area contributed by atoms with E-state index in [0.29, 0.717) is 6.42 Å². The van der Waals surface area contributed by atoms with Crippen molar-refractivity contribution in [3.63, 3.8) is 0 Å². The number of aliphatic carboxylic acids is 1. The highest BCUT2D eigenvalue weighted by molar-refractivity contribution is 7.98. The smallest absolute Gasteiger partial charge is 0.320 e. The molecule has 0 aromatic rings. The van der Waals surface area contributed by atoms with Gasteiger partial charge >= 0.3 is 5.97 Å². The molecule has 0 aliphatic heterocycles. The van der Waals surface area contributed by atoms with Crippen molar-refractivity contribution in [1.82, 2.24) is 5.32 Å². The van der Waals surface area contributed by atoms with E-state index in [4.69, 9.17) is 5.11 Å². The van der Waals surface area contributed by atoms with Crippen molar-refractivity contribution >= 4 is 17.7 Å². The molecule has 2 N–H and O–H groups in total. The number of hydrogen-bond acceptors (Lipinski definition) is 3. The van der Waals surface area contributed by atoms with Crippen molar-refractivity contribution in [1.29, 1.82) is 0 Å². The van der Waals surface area contributed by atoms with Crippen LogP contribution in [0.15, 0.2) is 12.7 Å². The molecule has 0 spiro atoms. The Bertz CT molecular complexity index is 221. The molecule has 0 aromatic heterocycles. The zero-order valence-corrected chi connectivity index (χ0v) is 11.8. The third kappa shape index (κ3) is 8.27. The Morgan fingerprint density at radius 1 is 1.47 bits per heavy atom. The summed E-state index contributed by atoms with van der Waals surface area (Å²) in [5.74, 6) is 0.101. The van der Waals surface area contributed by atoms with E-state index in [-0.39, 0.29) is 6.04 Å². The molecule has 0 saturated carbocycles. The van der Waals surface area contributed by atoms with Crippen molar-refractivity contribution in [2.24, 2.45) is 0 Å². The largest absolute Gasteiger partial charge is 0.480 e. The lowest BCUT2D eigenvalue weighted by Crippen LogP contribution is -2.42. The fourth-order valence-corrected chi connectivity index (χ4v) is 2.13. The van der Waals surface area contributed by atoms with Crippen LogP contribution in [0.25, 0.3) is 0 Å². The lowest BCUT2D eigenvalue weighted by atomic mass is 10.1. The molecule has 0 heterocycles. The minimum atomic E-state index is -0.763. The first-order chi connectivity index (χ1) is 8.15. The van der Waals surface area contributed by atoms with Crippen molar-refractivity contribution in [2.45, 2.75) is 51.1 Å². The van der Waals surface area contributed by atoms with E-state index in [1.165, 1.54) is 12.8 Å². The van der Waals surface area contributed by atoms with Gasteiger partial charge in [-0.3, -0.25) is 10.1 Å². The van der Waals surface area contributed by atoms with Crippen LogP contribution in [0.3, 0.4) is 0 Å². The summed E-state index contributed by atoms with van der Waals surface area (Å²) in [7, 11) is 0. The molecular weight excluding hydrogens is 234 g/mol. The lowest BCUT2D eigenvalue weighted by molar-refractivity contribution is -0.139. The first-order valence-electron chi connectivity index (χ1n) is 6.26. The van der Waals surface area contributed by atoms with Gasteiger partial charge in [0, 0.05) is 6.04 Å². The van der Waals surface area contributed by atoms with Gasteiger partial charge in [0.2, 0.25) is 0 Å². The summed E-state index contributed by atoms with van der Waals surface area (Å²) in [4.78, 5) is 11.1. The molecule has 17 heavy (non-hydrogen) atoms. The van der Waals surface area contributed by atoms with Crippen LogP contribution in [-0.4, -0.2) is 35.2 Å². The fraction of sp³-hybridized carbons (Fsp3) is 0.769. The molecule has 0 rings (SSSR count). The average molecular weight is 259 g/mol. The Labute approximate surface area is 109 Å². The molecule has 2 unspecified atom stereocenters. The van der Waals surface area contributed by atoms with Gasteiger partial charge in [-0.2, -0.15) is 11.8 Å². The lowest BCUT2D eigenvalue weighted by Gasteiger charge is -2.20. The van der Waals surface area contributed by atoms with Crippen LogP contribution in [0, 0.1) is 0 Å². The van der Waals surface area contributed by atoms with Crippen molar-refractivity contribution in [3.8, 4) is 0 Å². The summed E-state index contributed by atoms with van der Waals surface area (Å²) in [5, 5.41) is 12.3. The SMILES string of the molecule is C=CC(CCCCC)NC(CCSC)C(=O)O. The highest BCUT2D eigenvalue weighted by atomic mass is 32.2. The van der Waals surface area contributed by atoms with Gasteiger partial charge in [-0.05, 0) is 24.9 Å². The molecule has 2 atom stereocenters. The van der Waals surface area contributed by atoms with Crippen LogP contribution in [-0.2, 0) is 4.79 Å². The number of carboxylic acids is 1. The number of unbranched alkanes of at least 4 members (excludes halogenated alkanes) is 2. The normalized spacial score (nSPS) is 14.2. The molecule has 0 aromatic carbocycles. The topological polar surface area (TPSA) is 49.3 Å². The molecule has 0 aliphatic rings. The van der Waals surface area contributed by atoms with E-state index in [1.54, 1.807) is 11.8 Å². The van der Waals surface area contributed by atoms with E-state index in [0.717, 1.165) is 18.6 Å². The van der Waals surface area contributed by atoms with E-state index >= 15 is 0 Å². The second kappa shape index (κ2) is 10.7. The zero-order valence-electron chi connectivity index (χ0n) is 10.9. The number of carbonyl (C=O) groups is 1. The summed E-state index contributed by atoms with van der Waals surface area (Å²) in [6.45, 7) is 5.93. The molecule has 0 radical (unpaired) electrons. The molecule has 0 aliphatic carbocycles. The zero-order chi connectivity index (χ0) is 13.1. The van der Waals surface area contributed by atoms with Gasteiger partial charge in [0.15, 0.2) is 0 Å². The minimum absolute atomic E-state index is 0.115. The van der Waals surface area contributed by atoms with E-state index in [1.807, 2.05) is 12.3 Å². The predicted octanol–water partition coefficient (Wildman–Crippen LogP) is 2.92. The van der Waals surface area contributed by atoms with Crippen molar-refractivity contribution in [3.05, 3.63) is 12.7 Å². The van der Waals surface area contributed by atoms with Gasteiger partial charge in [0.1, 0.15) is 6.04 Å². The van der Waals surface area contributed by atoms with Gasteiger partial charge < -0.3 is 5.11 Å². The van der Waals surface area contributed by atoms with Crippen LogP contribution in [0.5, 0.6) is 0 Å². The molecule has 0 saturated heterocycles. The van der Waals surface area contributed by atoms with Gasteiger partial charge in [-0.15, -0.1) is 6.58 Å². The maximum atomic E-state index is 11.1. The molecular formula is C13H25NO2S. The first kappa shape index (κ1) is 16.5. The Morgan fingerprint density at radius 2 is 2.18 bits per heavy atom. The van der Waals surface area contributed by atoms with E-state index in [9.17, 15) is 4.79 Å². The van der Waals surface area contributed by atoms with Crippen LogP contribution in [0.4, 0.5) is 0 Å². The number of hydrogen-bond donors (Lipinski definition) is 2. The van der Waals surface area contributed by atoms with Crippen LogP contribution in [0.1, 0.15) is 39.0 Å². The van der Waals surface area contributed by atoms with Gasteiger partial charge in [0.05, 0.1) is 0 Å². The molecule has 3 nitrogen and oxygen atoms in total. The predicted molar refractivity (Wildman–Crippen MR) is 75.7 cm³/mol. The highest BCUT2D eigenvalue weighted by Crippen LogP contribution is 2.08. The van der Waals surface area contributed by atoms with Gasteiger partial charge in [-0.25, -0.2) is 0 Å². The maximum absolute atomic E-state index is 11.1. The highest BCUT2D eigenvalue weighted by Gasteiger charge is 2.19. The summed E-state index contributed by atoms with van der Waals surface area (Å²) in [6, 6.07) is -0.336. The summed E-state index contributed by atoms with van der Waals surface area (Å²) in [6.07, 6.45) is 8.94. The Balaban J connectivity index is 4.08. The number of rotatable bonds is 11. The quantitative estimate of drug-likeness (QED) is 0.442. The Hall–Kier alpha value is -0.480.